The Morgan fingerprint density at radius 2 is 1.89 bits per heavy atom. The van der Waals surface area contributed by atoms with Crippen molar-refractivity contribution in [2.75, 3.05) is 40.3 Å². The number of hydrogen-bond donors (Lipinski definition) is 1. The van der Waals surface area contributed by atoms with Crippen LogP contribution in [0.5, 0.6) is 0 Å². The van der Waals surface area contributed by atoms with E-state index in [1.807, 2.05) is 23.9 Å². The lowest BCUT2D eigenvalue weighted by Crippen LogP contribution is -2.41. The third kappa shape index (κ3) is 6.54. The van der Waals surface area contributed by atoms with Gasteiger partial charge in [0.2, 0.25) is 5.91 Å². The molecule has 1 rings (SSSR count). The fourth-order valence-electron chi connectivity index (χ4n) is 2.06. The van der Waals surface area contributed by atoms with Gasteiger partial charge in [-0.15, -0.1) is 0 Å². The van der Waals surface area contributed by atoms with Crippen LogP contribution in [0.25, 0.3) is 0 Å². The van der Waals surface area contributed by atoms with Gasteiger partial charge >= 0.3 is 5.97 Å². The van der Waals surface area contributed by atoms with Crippen LogP contribution in [-0.2, 0) is 14.3 Å². The maximum atomic E-state index is 11.9. The Hall–Kier alpha value is -1.14. The van der Waals surface area contributed by atoms with Crippen molar-refractivity contribution in [1.29, 1.82) is 0 Å². The predicted octanol–water partition coefficient (Wildman–Crippen LogP) is 0.420. The number of carboxylic acid groups (broad SMARTS) is 1. The van der Waals surface area contributed by atoms with Crippen molar-refractivity contribution in [2.45, 2.75) is 31.8 Å². The molecule has 0 saturated carbocycles. The Morgan fingerprint density at radius 1 is 1.26 bits per heavy atom. The van der Waals surface area contributed by atoms with Crippen molar-refractivity contribution in [3.63, 3.8) is 0 Å². The van der Waals surface area contributed by atoms with Crippen molar-refractivity contribution in [3.05, 3.63) is 0 Å². The molecule has 0 unspecified atom stereocenters. The van der Waals surface area contributed by atoms with Crippen LogP contribution in [0.4, 0.5) is 0 Å². The van der Waals surface area contributed by atoms with E-state index in [4.69, 9.17) is 9.84 Å². The number of carbonyl (C=O) groups excluding carboxylic acids is 1. The van der Waals surface area contributed by atoms with Crippen LogP contribution < -0.4 is 0 Å². The van der Waals surface area contributed by atoms with E-state index in [1.54, 1.807) is 0 Å². The molecule has 1 aliphatic heterocycles. The van der Waals surface area contributed by atoms with Gasteiger partial charge in [-0.3, -0.25) is 9.59 Å². The van der Waals surface area contributed by atoms with E-state index in [0.29, 0.717) is 19.5 Å². The number of rotatable bonds is 7. The molecule has 1 N–H and O–H groups in total. The average Bonchev–Trinajstić information content (AvgIpc) is 2.36. The van der Waals surface area contributed by atoms with Crippen LogP contribution in [0.3, 0.4) is 0 Å². The van der Waals surface area contributed by atoms with Crippen LogP contribution in [0.1, 0.15) is 25.7 Å². The van der Waals surface area contributed by atoms with Crippen LogP contribution in [-0.4, -0.2) is 73.2 Å². The van der Waals surface area contributed by atoms with Gasteiger partial charge in [-0.1, -0.05) is 0 Å². The van der Waals surface area contributed by atoms with E-state index >= 15 is 0 Å². The van der Waals surface area contributed by atoms with E-state index in [2.05, 4.69) is 0 Å². The molecule has 0 aromatic carbocycles. The molecular formula is C13H24N2O4. The molecule has 110 valence electrons. The van der Waals surface area contributed by atoms with E-state index in [1.165, 1.54) is 0 Å². The predicted molar refractivity (Wildman–Crippen MR) is 71.0 cm³/mol. The van der Waals surface area contributed by atoms with Crippen molar-refractivity contribution in [2.24, 2.45) is 0 Å². The second-order valence-corrected chi connectivity index (χ2v) is 5.15. The lowest BCUT2D eigenvalue weighted by atomic mass is 10.1. The van der Waals surface area contributed by atoms with Crippen molar-refractivity contribution >= 4 is 11.9 Å². The summed E-state index contributed by atoms with van der Waals surface area (Å²) in [6, 6.07) is 0. The summed E-state index contributed by atoms with van der Waals surface area (Å²) in [4.78, 5) is 26.1. The lowest BCUT2D eigenvalue weighted by molar-refractivity contribution is -0.139. The molecule has 1 heterocycles. The summed E-state index contributed by atoms with van der Waals surface area (Å²) in [5, 5.41) is 8.52. The first-order valence-corrected chi connectivity index (χ1v) is 6.75. The first-order valence-electron chi connectivity index (χ1n) is 6.75. The number of ether oxygens (including phenoxy) is 1. The van der Waals surface area contributed by atoms with Gasteiger partial charge in [0.15, 0.2) is 0 Å². The molecule has 0 atom stereocenters. The van der Waals surface area contributed by atoms with Crippen LogP contribution in [0, 0.1) is 0 Å². The third-order valence-corrected chi connectivity index (χ3v) is 3.24. The molecule has 6 nitrogen and oxygen atoms in total. The van der Waals surface area contributed by atoms with E-state index in [9.17, 15) is 9.59 Å². The van der Waals surface area contributed by atoms with Gasteiger partial charge in [-0.2, -0.15) is 0 Å². The van der Waals surface area contributed by atoms with E-state index in [0.717, 1.165) is 19.4 Å². The zero-order chi connectivity index (χ0) is 14.3. The van der Waals surface area contributed by atoms with Crippen molar-refractivity contribution in [1.82, 2.24) is 9.80 Å². The normalized spacial score (nSPS) is 16.9. The highest BCUT2D eigenvalue weighted by Gasteiger charge is 2.22. The first kappa shape index (κ1) is 15.9. The molecule has 1 amide bonds. The average molecular weight is 272 g/mol. The van der Waals surface area contributed by atoms with Gasteiger partial charge in [0.1, 0.15) is 0 Å². The Bertz CT molecular complexity index is 299. The molecule has 1 fully saturated rings. The van der Waals surface area contributed by atoms with Gasteiger partial charge < -0.3 is 19.6 Å². The third-order valence-electron chi connectivity index (χ3n) is 3.24. The molecule has 0 bridgehead atoms. The molecule has 1 saturated heterocycles. The quantitative estimate of drug-likeness (QED) is 0.727. The van der Waals surface area contributed by atoms with E-state index in [-0.39, 0.29) is 25.0 Å². The monoisotopic (exact) mass is 272 g/mol. The van der Waals surface area contributed by atoms with Gasteiger partial charge in [0, 0.05) is 26.1 Å². The summed E-state index contributed by atoms with van der Waals surface area (Å²) in [5.41, 5.74) is 0. The van der Waals surface area contributed by atoms with Gasteiger partial charge in [-0.05, 0) is 26.9 Å². The molecular weight excluding hydrogens is 248 g/mol. The number of carbonyl (C=O) groups is 2. The molecule has 0 aromatic heterocycles. The highest BCUT2D eigenvalue weighted by molar-refractivity contribution is 5.76. The molecule has 1 aliphatic rings. The number of piperidine rings is 1. The maximum Gasteiger partial charge on any atom is 0.305 e. The van der Waals surface area contributed by atoms with E-state index < -0.39 is 5.97 Å². The summed E-state index contributed by atoms with van der Waals surface area (Å²) in [6.45, 7) is 2.45. The highest BCUT2D eigenvalue weighted by atomic mass is 16.5. The summed E-state index contributed by atoms with van der Waals surface area (Å²) in [5.74, 6) is -0.644. The molecule has 19 heavy (non-hydrogen) atoms. The number of likely N-dealkylation sites (tertiary alicyclic amines) is 1. The van der Waals surface area contributed by atoms with Crippen molar-refractivity contribution < 1.29 is 19.4 Å². The lowest BCUT2D eigenvalue weighted by Gasteiger charge is -2.32. The zero-order valence-electron chi connectivity index (χ0n) is 11.8. The topological polar surface area (TPSA) is 70.1 Å². The second-order valence-electron chi connectivity index (χ2n) is 5.15. The van der Waals surface area contributed by atoms with Gasteiger partial charge in [0.05, 0.1) is 19.1 Å². The van der Waals surface area contributed by atoms with Gasteiger partial charge in [0.25, 0.3) is 0 Å². The minimum atomic E-state index is -0.837. The number of aliphatic carboxylic acids is 1. The standard InChI is InChI=1S/C13H24N2O4/c1-14(2)7-5-12(16)15-8-3-11(4-9-15)19-10-6-13(17)18/h11H,3-10H2,1-2H3,(H,17,18). The Morgan fingerprint density at radius 3 is 2.42 bits per heavy atom. The fourth-order valence-corrected chi connectivity index (χ4v) is 2.06. The smallest absolute Gasteiger partial charge is 0.305 e. The number of hydrogen-bond acceptors (Lipinski definition) is 4. The van der Waals surface area contributed by atoms with Crippen LogP contribution >= 0.6 is 0 Å². The Labute approximate surface area is 114 Å². The molecule has 0 aromatic rings. The first-order chi connectivity index (χ1) is 8.99. The number of carboxylic acids is 1. The highest BCUT2D eigenvalue weighted by Crippen LogP contribution is 2.14. The second kappa shape index (κ2) is 8.12. The molecule has 0 aliphatic carbocycles. The zero-order valence-corrected chi connectivity index (χ0v) is 11.8. The minimum absolute atomic E-state index is 0.0436. The van der Waals surface area contributed by atoms with Crippen LogP contribution in [0.2, 0.25) is 0 Å². The summed E-state index contributed by atoms with van der Waals surface area (Å²) in [7, 11) is 3.91. The molecule has 6 heteroatoms. The number of nitrogens with zero attached hydrogens (tertiary/aromatic N) is 2. The molecule has 0 radical (unpaired) electrons. The maximum absolute atomic E-state index is 11.9. The summed E-state index contributed by atoms with van der Waals surface area (Å²) >= 11 is 0. The Kier molecular flexibility index (Phi) is 6.80. The Balaban J connectivity index is 2.17. The SMILES string of the molecule is CN(C)CCC(=O)N1CCC(OCCC(=O)O)CC1. The van der Waals surface area contributed by atoms with Crippen molar-refractivity contribution in [3.8, 4) is 0 Å². The largest absolute Gasteiger partial charge is 0.481 e. The van der Waals surface area contributed by atoms with Crippen LogP contribution in [0.15, 0.2) is 0 Å². The number of amides is 1. The van der Waals surface area contributed by atoms with Gasteiger partial charge in [-0.25, -0.2) is 0 Å². The summed E-state index contributed by atoms with van der Waals surface area (Å²) < 4.78 is 5.49. The molecule has 0 spiro atoms. The fraction of sp³-hybridized carbons (Fsp3) is 0.846. The summed E-state index contributed by atoms with van der Waals surface area (Å²) in [6.07, 6.45) is 2.29. The minimum Gasteiger partial charge on any atom is -0.481 e.